The second-order valence-electron chi connectivity index (χ2n) is 4.35. The van der Waals surface area contributed by atoms with Crippen molar-refractivity contribution in [2.24, 2.45) is 0 Å². The van der Waals surface area contributed by atoms with E-state index >= 15 is 0 Å². The van der Waals surface area contributed by atoms with Gasteiger partial charge in [0.25, 0.3) is 0 Å². The summed E-state index contributed by atoms with van der Waals surface area (Å²) < 4.78 is 15.9. The SMILES string of the molecule is COCCNC(=O)[C@H](C)Sc1ccc2c(c1)OCCO2. The van der Waals surface area contributed by atoms with Crippen molar-refractivity contribution in [2.75, 3.05) is 33.5 Å². The Morgan fingerprint density at radius 2 is 2.15 bits per heavy atom. The first-order valence-corrected chi connectivity index (χ1v) is 7.41. The fraction of sp³-hybridized carbons (Fsp3) is 0.500. The van der Waals surface area contributed by atoms with Gasteiger partial charge in [0, 0.05) is 18.6 Å². The molecule has 0 bridgehead atoms. The molecule has 0 spiro atoms. The molecule has 110 valence electrons. The molecule has 1 atom stereocenters. The van der Waals surface area contributed by atoms with Gasteiger partial charge >= 0.3 is 0 Å². The van der Waals surface area contributed by atoms with E-state index in [1.165, 1.54) is 11.8 Å². The lowest BCUT2D eigenvalue weighted by atomic mass is 10.3. The van der Waals surface area contributed by atoms with Crippen LogP contribution in [0.15, 0.2) is 23.1 Å². The zero-order valence-corrected chi connectivity index (χ0v) is 12.5. The summed E-state index contributed by atoms with van der Waals surface area (Å²) >= 11 is 1.49. The summed E-state index contributed by atoms with van der Waals surface area (Å²) in [5, 5.41) is 2.65. The molecule has 1 aliphatic heterocycles. The predicted octanol–water partition coefficient (Wildman–Crippen LogP) is 1.70. The highest BCUT2D eigenvalue weighted by Gasteiger charge is 2.16. The molecule has 0 saturated carbocycles. The molecule has 0 aromatic heterocycles. The molecule has 20 heavy (non-hydrogen) atoms. The molecule has 0 saturated heterocycles. The quantitative estimate of drug-likeness (QED) is 0.640. The third-order valence-electron chi connectivity index (χ3n) is 2.80. The highest BCUT2D eigenvalue weighted by atomic mass is 32.2. The van der Waals surface area contributed by atoms with Crippen molar-refractivity contribution in [3.63, 3.8) is 0 Å². The molecule has 1 amide bonds. The lowest BCUT2D eigenvalue weighted by Crippen LogP contribution is -2.33. The van der Waals surface area contributed by atoms with Gasteiger partial charge in [-0.15, -0.1) is 11.8 Å². The van der Waals surface area contributed by atoms with Crippen LogP contribution in [0, 0.1) is 0 Å². The normalized spacial score (nSPS) is 14.7. The number of rotatable bonds is 6. The highest BCUT2D eigenvalue weighted by molar-refractivity contribution is 8.00. The molecule has 1 aromatic rings. The van der Waals surface area contributed by atoms with Crippen LogP contribution in [-0.4, -0.2) is 44.6 Å². The zero-order valence-electron chi connectivity index (χ0n) is 11.7. The molecule has 0 unspecified atom stereocenters. The Hall–Kier alpha value is -1.40. The van der Waals surface area contributed by atoms with Gasteiger partial charge in [-0.05, 0) is 25.1 Å². The molecule has 1 aliphatic rings. The summed E-state index contributed by atoms with van der Waals surface area (Å²) in [5.41, 5.74) is 0. The van der Waals surface area contributed by atoms with Crippen LogP contribution in [-0.2, 0) is 9.53 Å². The minimum Gasteiger partial charge on any atom is -0.486 e. The number of fused-ring (bicyclic) bond motifs is 1. The maximum atomic E-state index is 11.9. The van der Waals surface area contributed by atoms with E-state index in [0.29, 0.717) is 26.4 Å². The number of hydrogen-bond donors (Lipinski definition) is 1. The summed E-state index contributed by atoms with van der Waals surface area (Å²) in [6.45, 7) is 4.07. The highest BCUT2D eigenvalue weighted by Crippen LogP contribution is 2.35. The Balaban J connectivity index is 1.90. The Bertz CT molecular complexity index is 466. The van der Waals surface area contributed by atoms with Gasteiger partial charge in [0.15, 0.2) is 11.5 Å². The van der Waals surface area contributed by atoms with Gasteiger partial charge in [-0.1, -0.05) is 0 Å². The van der Waals surface area contributed by atoms with Gasteiger partial charge in [0.05, 0.1) is 11.9 Å². The number of nitrogens with one attached hydrogen (secondary N) is 1. The molecule has 2 rings (SSSR count). The predicted molar refractivity (Wildman–Crippen MR) is 77.6 cm³/mol. The zero-order chi connectivity index (χ0) is 14.4. The van der Waals surface area contributed by atoms with E-state index < -0.39 is 0 Å². The smallest absolute Gasteiger partial charge is 0.233 e. The molecule has 1 aromatic carbocycles. The van der Waals surface area contributed by atoms with E-state index in [4.69, 9.17) is 14.2 Å². The van der Waals surface area contributed by atoms with E-state index in [2.05, 4.69) is 5.32 Å². The minimum atomic E-state index is -0.172. The number of benzene rings is 1. The number of thioether (sulfide) groups is 1. The van der Waals surface area contributed by atoms with Gasteiger partial charge in [0.2, 0.25) is 5.91 Å². The molecule has 1 heterocycles. The summed E-state index contributed by atoms with van der Waals surface area (Å²) in [6, 6.07) is 5.74. The molecule has 6 heteroatoms. The first kappa shape index (κ1) is 15.0. The Labute approximate surface area is 123 Å². The van der Waals surface area contributed by atoms with E-state index in [-0.39, 0.29) is 11.2 Å². The van der Waals surface area contributed by atoms with E-state index in [0.717, 1.165) is 16.4 Å². The molecule has 5 nitrogen and oxygen atoms in total. The Kier molecular flexibility index (Phi) is 5.55. The van der Waals surface area contributed by atoms with Gasteiger partial charge in [0.1, 0.15) is 13.2 Å². The second kappa shape index (κ2) is 7.40. The lowest BCUT2D eigenvalue weighted by molar-refractivity contribution is -0.120. The monoisotopic (exact) mass is 297 g/mol. The first-order valence-electron chi connectivity index (χ1n) is 6.53. The maximum absolute atomic E-state index is 11.9. The second-order valence-corrected chi connectivity index (χ2v) is 5.76. The summed E-state index contributed by atoms with van der Waals surface area (Å²) in [6.07, 6.45) is 0. The number of ether oxygens (including phenoxy) is 3. The minimum absolute atomic E-state index is 0.00180. The van der Waals surface area contributed by atoms with Crippen molar-refractivity contribution in [1.82, 2.24) is 5.32 Å². The van der Waals surface area contributed by atoms with Crippen molar-refractivity contribution in [2.45, 2.75) is 17.1 Å². The van der Waals surface area contributed by atoms with Crippen LogP contribution >= 0.6 is 11.8 Å². The fourth-order valence-electron chi connectivity index (χ4n) is 1.77. The number of carbonyl (C=O) groups is 1. The number of hydrogen-bond acceptors (Lipinski definition) is 5. The summed E-state index contributed by atoms with van der Waals surface area (Å²) in [7, 11) is 1.61. The summed E-state index contributed by atoms with van der Waals surface area (Å²) in [5.74, 6) is 1.51. The van der Waals surface area contributed by atoms with Crippen LogP contribution in [0.25, 0.3) is 0 Å². The van der Waals surface area contributed by atoms with Crippen LogP contribution in [0.1, 0.15) is 6.92 Å². The molecule has 0 fully saturated rings. The number of amides is 1. The van der Waals surface area contributed by atoms with Crippen molar-refractivity contribution in [1.29, 1.82) is 0 Å². The van der Waals surface area contributed by atoms with Crippen LogP contribution in [0.2, 0.25) is 0 Å². The Morgan fingerprint density at radius 1 is 1.40 bits per heavy atom. The van der Waals surface area contributed by atoms with Crippen LogP contribution < -0.4 is 14.8 Å². The Morgan fingerprint density at radius 3 is 2.90 bits per heavy atom. The van der Waals surface area contributed by atoms with E-state index in [1.54, 1.807) is 7.11 Å². The van der Waals surface area contributed by atoms with Gasteiger partial charge in [-0.25, -0.2) is 0 Å². The maximum Gasteiger partial charge on any atom is 0.233 e. The van der Waals surface area contributed by atoms with Crippen LogP contribution in [0.3, 0.4) is 0 Å². The molecule has 0 aliphatic carbocycles. The molecule has 0 radical (unpaired) electrons. The molecular formula is C14H19NO4S. The van der Waals surface area contributed by atoms with Crippen molar-refractivity contribution in [3.05, 3.63) is 18.2 Å². The fourth-order valence-corrected chi connectivity index (χ4v) is 2.69. The topological polar surface area (TPSA) is 56.8 Å². The van der Waals surface area contributed by atoms with Crippen molar-refractivity contribution < 1.29 is 19.0 Å². The number of carbonyl (C=O) groups excluding carboxylic acids is 1. The van der Waals surface area contributed by atoms with Gasteiger partial charge < -0.3 is 19.5 Å². The molecular weight excluding hydrogens is 278 g/mol. The van der Waals surface area contributed by atoms with E-state index in [9.17, 15) is 4.79 Å². The average Bonchev–Trinajstić information content (AvgIpc) is 2.47. The average molecular weight is 297 g/mol. The standard InChI is InChI=1S/C14H19NO4S/c1-10(14(16)15-5-6-17-2)20-11-3-4-12-13(9-11)19-8-7-18-12/h3-4,9-10H,5-8H2,1-2H3,(H,15,16)/t10-/m0/s1. The van der Waals surface area contributed by atoms with Crippen molar-refractivity contribution in [3.8, 4) is 11.5 Å². The third-order valence-corrected chi connectivity index (χ3v) is 3.89. The van der Waals surface area contributed by atoms with Crippen LogP contribution in [0.4, 0.5) is 0 Å². The summed E-state index contributed by atoms with van der Waals surface area (Å²) in [4.78, 5) is 12.9. The van der Waals surface area contributed by atoms with Crippen molar-refractivity contribution >= 4 is 17.7 Å². The lowest BCUT2D eigenvalue weighted by Gasteiger charge is -2.19. The number of methoxy groups -OCH3 is 1. The third kappa shape index (κ3) is 4.05. The van der Waals surface area contributed by atoms with E-state index in [1.807, 2.05) is 25.1 Å². The molecule has 1 N–H and O–H groups in total. The van der Waals surface area contributed by atoms with Gasteiger partial charge in [-0.2, -0.15) is 0 Å². The first-order chi connectivity index (χ1) is 9.70. The van der Waals surface area contributed by atoms with Gasteiger partial charge in [-0.3, -0.25) is 4.79 Å². The van der Waals surface area contributed by atoms with Crippen LogP contribution in [0.5, 0.6) is 11.5 Å². The largest absolute Gasteiger partial charge is 0.486 e.